The molecular formula is C28H31N5O3. The molecule has 2 amide bonds. The summed E-state index contributed by atoms with van der Waals surface area (Å²) in [5, 5.41) is 21.3. The summed E-state index contributed by atoms with van der Waals surface area (Å²) in [5.74, 6) is -0.551. The fraction of sp³-hybridized carbons (Fsp3) is 0.286. The van der Waals surface area contributed by atoms with Crippen molar-refractivity contribution >= 4 is 28.5 Å². The van der Waals surface area contributed by atoms with Crippen LogP contribution in [0.2, 0.25) is 0 Å². The predicted molar refractivity (Wildman–Crippen MR) is 140 cm³/mol. The highest BCUT2D eigenvalue weighted by Crippen LogP contribution is 2.32. The second kappa shape index (κ2) is 10.2. The molecule has 8 heteroatoms. The highest BCUT2D eigenvalue weighted by Gasteiger charge is 2.35. The van der Waals surface area contributed by atoms with Gasteiger partial charge in [-0.3, -0.25) is 14.5 Å². The van der Waals surface area contributed by atoms with Gasteiger partial charge in [0.2, 0.25) is 11.8 Å². The van der Waals surface area contributed by atoms with Gasteiger partial charge in [0, 0.05) is 11.2 Å². The van der Waals surface area contributed by atoms with Crippen LogP contribution in [0, 0.1) is 6.92 Å². The first-order chi connectivity index (χ1) is 17.2. The van der Waals surface area contributed by atoms with E-state index in [0.717, 1.165) is 11.1 Å². The predicted octanol–water partition coefficient (Wildman–Crippen LogP) is 4.52. The minimum Gasteiger partial charge on any atom is -0.508 e. The van der Waals surface area contributed by atoms with Crippen molar-refractivity contribution in [1.29, 1.82) is 0 Å². The van der Waals surface area contributed by atoms with E-state index in [4.69, 9.17) is 0 Å². The zero-order chi connectivity index (χ0) is 25.9. The monoisotopic (exact) mass is 485 g/mol. The topological polar surface area (TPSA) is 100 Å². The number of aromatic hydroxyl groups is 1. The molecule has 0 saturated carbocycles. The number of hydrogen-bond donors (Lipinski definition) is 2. The summed E-state index contributed by atoms with van der Waals surface area (Å²) in [4.78, 5) is 29.4. The van der Waals surface area contributed by atoms with Crippen LogP contribution in [0.1, 0.15) is 44.4 Å². The van der Waals surface area contributed by atoms with Crippen molar-refractivity contribution in [3.8, 4) is 5.75 Å². The van der Waals surface area contributed by atoms with Crippen LogP contribution in [0.3, 0.4) is 0 Å². The number of rotatable bonds is 8. The molecule has 8 nitrogen and oxygen atoms in total. The number of aryl methyl sites for hydroxylation is 1. The lowest BCUT2D eigenvalue weighted by atomic mass is 9.97. The average Bonchev–Trinajstić information content (AvgIpc) is 3.26. The van der Waals surface area contributed by atoms with Gasteiger partial charge in [0.15, 0.2) is 0 Å². The Morgan fingerprint density at radius 3 is 2.39 bits per heavy atom. The van der Waals surface area contributed by atoms with Crippen molar-refractivity contribution < 1.29 is 14.7 Å². The lowest BCUT2D eigenvalue weighted by Gasteiger charge is -2.35. The molecular weight excluding hydrogens is 454 g/mol. The summed E-state index contributed by atoms with van der Waals surface area (Å²) in [7, 11) is 0. The SMILES string of the molecule is CCC(C)(C)NC(=O)[C@H](c1ccc(O)cc1)N(C(=O)Cn1nnc2ccccc21)c1ccccc1C. The lowest BCUT2D eigenvalue weighted by molar-refractivity contribution is -0.128. The van der Waals surface area contributed by atoms with Gasteiger partial charge in [-0.1, -0.05) is 54.6 Å². The number of fused-ring (bicyclic) bond motifs is 1. The molecule has 36 heavy (non-hydrogen) atoms. The van der Waals surface area contributed by atoms with Gasteiger partial charge in [0.25, 0.3) is 0 Å². The fourth-order valence-corrected chi connectivity index (χ4v) is 4.05. The summed E-state index contributed by atoms with van der Waals surface area (Å²) in [6.07, 6.45) is 0.713. The van der Waals surface area contributed by atoms with Crippen LogP contribution in [0.5, 0.6) is 5.75 Å². The molecule has 0 aliphatic heterocycles. The number of carbonyl (C=O) groups excluding carboxylic acids is 2. The zero-order valence-electron chi connectivity index (χ0n) is 21.0. The Balaban J connectivity index is 1.83. The highest BCUT2D eigenvalue weighted by atomic mass is 16.3. The van der Waals surface area contributed by atoms with Crippen LogP contribution in [0.15, 0.2) is 72.8 Å². The maximum Gasteiger partial charge on any atom is 0.249 e. The molecule has 186 valence electrons. The molecule has 4 rings (SSSR count). The molecule has 0 aliphatic rings. The van der Waals surface area contributed by atoms with Crippen LogP contribution >= 0.6 is 0 Å². The summed E-state index contributed by atoms with van der Waals surface area (Å²) in [5.41, 5.74) is 2.99. The molecule has 0 bridgehead atoms. The molecule has 2 N–H and O–H groups in total. The molecule has 1 heterocycles. The first-order valence-corrected chi connectivity index (χ1v) is 12.0. The minimum atomic E-state index is -0.972. The van der Waals surface area contributed by atoms with Crippen molar-refractivity contribution in [2.45, 2.75) is 52.2 Å². The molecule has 0 saturated heterocycles. The molecule has 1 atom stereocenters. The van der Waals surface area contributed by atoms with Crippen molar-refractivity contribution in [1.82, 2.24) is 20.3 Å². The summed E-state index contributed by atoms with van der Waals surface area (Å²) in [6.45, 7) is 7.69. The number of hydrogen-bond acceptors (Lipinski definition) is 5. The van der Waals surface area contributed by atoms with Crippen LogP contribution < -0.4 is 10.2 Å². The number of carbonyl (C=O) groups is 2. The smallest absolute Gasteiger partial charge is 0.249 e. The van der Waals surface area contributed by atoms with Gasteiger partial charge in [-0.05, 0) is 68.7 Å². The Morgan fingerprint density at radius 2 is 1.69 bits per heavy atom. The third-order valence-corrected chi connectivity index (χ3v) is 6.41. The van der Waals surface area contributed by atoms with Crippen LogP contribution in [-0.4, -0.2) is 37.5 Å². The number of para-hydroxylation sites is 2. The Hall–Kier alpha value is -4.20. The number of phenols is 1. The molecule has 3 aromatic carbocycles. The number of benzene rings is 3. The molecule has 0 radical (unpaired) electrons. The number of nitrogens with one attached hydrogen (secondary N) is 1. The van der Waals surface area contributed by atoms with Gasteiger partial charge >= 0.3 is 0 Å². The average molecular weight is 486 g/mol. The number of nitrogens with zero attached hydrogens (tertiary/aromatic N) is 4. The van der Waals surface area contributed by atoms with Crippen LogP contribution in [-0.2, 0) is 16.1 Å². The summed E-state index contributed by atoms with van der Waals surface area (Å²) < 4.78 is 1.55. The van der Waals surface area contributed by atoms with Gasteiger partial charge in [-0.25, -0.2) is 4.68 Å². The number of anilines is 1. The molecule has 4 aromatic rings. The maximum atomic E-state index is 14.0. The summed E-state index contributed by atoms with van der Waals surface area (Å²) in [6, 6.07) is 20.3. The lowest BCUT2D eigenvalue weighted by Crippen LogP contribution is -2.51. The molecule has 0 spiro atoms. The van der Waals surface area contributed by atoms with E-state index < -0.39 is 11.6 Å². The van der Waals surface area contributed by atoms with Crippen molar-refractivity contribution in [3.05, 3.63) is 83.9 Å². The van der Waals surface area contributed by atoms with E-state index in [-0.39, 0.29) is 24.1 Å². The number of aromatic nitrogens is 3. The highest BCUT2D eigenvalue weighted by molar-refractivity contribution is 6.02. The van der Waals surface area contributed by atoms with Crippen molar-refractivity contribution in [2.75, 3.05) is 4.90 Å². The van der Waals surface area contributed by atoms with Gasteiger partial charge < -0.3 is 10.4 Å². The second-order valence-corrected chi connectivity index (χ2v) is 9.51. The third kappa shape index (κ3) is 5.22. The molecule has 0 fully saturated rings. The Kier molecular flexibility index (Phi) is 7.05. The minimum absolute atomic E-state index is 0.0784. The van der Waals surface area contributed by atoms with E-state index in [2.05, 4.69) is 15.6 Å². The maximum absolute atomic E-state index is 14.0. The van der Waals surface area contributed by atoms with E-state index in [1.54, 1.807) is 16.8 Å². The molecule has 0 unspecified atom stereocenters. The van der Waals surface area contributed by atoms with Crippen LogP contribution in [0.4, 0.5) is 5.69 Å². The first-order valence-electron chi connectivity index (χ1n) is 12.0. The largest absolute Gasteiger partial charge is 0.508 e. The third-order valence-electron chi connectivity index (χ3n) is 6.41. The van der Waals surface area contributed by atoms with E-state index in [1.165, 1.54) is 17.0 Å². The summed E-state index contributed by atoms with van der Waals surface area (Å²) >= 11 is 0. The first kappa shape index (κ1) is 24.9. The van der Waals surface area contributed by atoms with Crippen molar-refractivity contribution in [3.63, 3.8) is 0 Å². The van der Waals surface area contributed by atoms with Gasteiger partial charge in [-0.2, -0.15) is 0 Å². The number of phenolic OH excluding ortho intramolecular Hbond substituents is 1. The molecule has 1 aromatic heterocycles. The normalized spacial score (nSPS) is 12.3. The Bertz CT molecular complexity index is 1380. The number of amides is 2. The Morgan fingerprint density at radius 1 is 1.03 bits per heavy atom. The van der Waals surface area contributed by atoms with Crippen LogP contribution in [0.25, 0.3) is 11.0 Å². The fourth-order valence-electron chi connectivity index (χ4n) is 4.05. The quantitative estimate of drug-likeness (QED) is 0.382. The van der Waals surface area contributed by atoms with E-state index in [9.17, 15) is 14.7 Å². The van der Waals surface area contributed by atoms with Gasteiger partial charge in [-0.15, -0.1) is 5.10 Å². The van der Waals surface area contributed by atoms with Gasteiger partial charge in [0.1, 0.15) is 23.9 Å². The van der Waals surface area contributed by atoms with E-state index in [1.807, 2.05) is 76.2 Å². The second-order valence-electron chi connectivity index (χ2n) is 9.51. The van der Waals surface area contributed by atoms with Crippen molar-refractivity contribution in [2.24, 2.45) is 0 Å². The van der Waals surface area contributed by atoms with Gasteiger partial charge in [0.05, 0.1) is 5.52 Å². The Labute approximate surface area is 210 Å². The standard InChI is InChI=1S/C28H31N5O3/c1-5-28(3,4)29-27(36)26(20-14-16-21(34)17-15-20)33(23-12-8-6-10-19(23)2)25(35)18-32-24-13-9-7-11-22(24)30-31-32/h6-17,26,34H,5,18H2,1-4H3,(H,29,36)/t26-/m0/s1. The van der Waals surface area contributed by atoms with E-state index >= 15 is 0 Å². The molecule has 0 aliphatic carbocycles. The zero-order valence-corrected chi connectivity index (χ0v) is 21.0. The van der Waals surface area contributed by atoms with E-state index in [0.29, 0.717) is 23.2 Å².